The van der Waals surface area contributed by atoms with Crippen molar-refractivity contribution in [1.29, 1.82) is 0 Å². The van der Waals surface area contributed by atoms with Gasteiger partial charge in [0.15, 0.2) is 5.82 Å². The highest BCUT2D eigenvalue weighted by atomic mass is 16.3. The first-order chi connectivity index (χ1) is 18.5. The number of carbonyl (C=O) groups is 1. The minimum absolute atomic E-state index is 0.139. The molecule has 4 N–H and O–H groups in total. The number of amides is 1. The van der Waals surface area contributed by atoms with Crippen molar-refractivity contribution >= 4 is 23.2 Å². The van der Waals surface area contributed by atoms with Gasteiger partial charge >= 0.3 is 0 Å². The fraction of sp³-hybridized carbons (Fsp3) is 0.231. The minimum Gasteiger partial charge on any atom is -0.507 e. The number of aromatic nitrogens is 6. The summed E-state index contributed by atoms with van der Waals surface area (Å²) >= 11 is 0. The summed E-state index contributed by atoms with van der Waals surface area (Å²) in [5.74, 6) is 7.14. The van der Waals surface area contributed by atoms with E-state index in [1.54, 1.807) is 48.4 Å². The van der Waals surface area contributed by atoms with E-state index >= 15 is 0 Å². The van der Waals surface area contributed by atoms with E-state index in [0.717, 1.165) is 11.5 Å². The standard InChI is InChI=1S/C26H26N10O2/c1-34-12-9-19(33-34)26(38)29-10-4-7-23-28-11-8-24(30-23)36-15-13-35(14-16-36)21-17-20(31-32-25(21)27)18-5-2-3-6-22(18)37/h2-3,5-6,8-9,11-12,17,37H,10,13-16H2,1H3,(H2,27,32)(H,29,38). The Balaban J connectivity index is 1.20. The molecule has 4 heterocycles. The number of hydrogen-bond donors (Lipinski definition) is 3. The topological polar surface area (TPSA) is 151 Å². The summed E-state index contributed by atoms with van der Waals surface area (Å²) in [6.07, 6.45) is 3.38. The van der Waals surface area contributed by atoms with Crippen LogP contribution in [0.3, 0.4) is 0 Å². The molecule has 38 heavy (non-hydrogen) atoms. The van der Waals surface area contributed by atoms with E-state index in [-0.39, 0.29) is 18.2 Å². The number of nitrogen functional groups attached to an aromatic ring is 1. The molecule has 5 rings (SSSR count). The highest BCUT2D eigenvalue weighted by Gasteiger charge is 2.22. The summed E-state index contributed by atoms with van der Waals surface area (Å²) < 4.78 is 1.57. The molecule has 4 aromatic rings. The minimum atomic E-state index is -0.287. The Bertz CT molecular complexity index is 1520. The molecule has 1 saturated heterocycles. The zero-order valence-corrected chi connectivity index (χ0v) is 20.7. The number of phenols is 1. The van der Waals surface area contributed by atoms with Crippen molar-refractivity contribution in [2.75, 3.05) is 48.3 Å². The van der Waals surface area contributed by atoms with Gasteiger partial charge in [0, 0.05) is 51.2 Å². The second kappa shape index (κ2) is 10.8. The van der Waals surface area contributed by atoms with Gasteiger partial charge in [-0.15, -0.1) is 10.2 Å². The largest absolute Gasteiger partial charge is 0.507 e. The van der Waals surface area contributed by atoms with E-state index < -0.39 is 0 Å². The number of nitrogens with one attached hydrogen (secondary N) is 1. The number of rotatable bonds is 5. The van der Waals surface area contributed by atoms with E-state index in [2.05, 4.69) is 52.2 Å². The molecule has 12 nitrogen and oxygen atoms in total. The number of anilines is 3. The molecule has 3 aromatic heterocycles. The van der Waals surface area contributed by atoms with Gasteiger partial charge in [0.05, 0.1) is 17.9 Å². The maximum atomic E-state index is 12.1. The number of aromatic hydroxyl groups is 1. The number of nitrogens with two attached hydrogens (primary N) is 1. The van der Waals surface area contributed by atoms with Crippen LogP contribution in [0, 0.1) is 11.8 Å². The second-order valence-corrected chi connectivity index (χ2v) is 8.59. The average molecular weight is 511 g/mol. The predicted octanol–water partition coefficient (Wildman–Crippen LogP) is 1.06. The predicted molar refractivity (Wildman–Crippen MR) is 142 cm³/mol. The molecule has 1 aliphatic heterocycles. The first-order valence-electron chi connectivity index (χ1n) is 12.0. The van der Waals surface area contributed by atoms with Crippen LogP contribution < -0.4 is 20.9 Å². The molecule has 0 unspecified atom stereocenters. The Morgan fingerprint density at radius 1 is 1.11 bits per heavy atom. The van der Waals surface area contributed by atoms with Gasteiger partial charge < -0.3 is 26.0 Å². The number of carbonyl (C=O) groups excluding carboxylic acids is 1. The molecule has 0 bridgehead atoms. The number of nitrogens with zero attached hydrogens (tertiary/aromatic N) is 8. The Kier molecular flexibility index (Phi) is 6.99. The fourth-order valence-electron chi connectivity index (χ4n) is 4.10. The lowest BCUT2D eigenvalue weighted by Crippen LogP contribution is -2.47. The molecular weight excluding hydrogens is 484 g/mol. The molecule has 0 radical (unpaired) electrons. The van der Waals surface area contributed by atoms with Gasteiger partial charge in [0.1, 0.15) is 17.3 Å². The van der Waals surface area contributed by atoms with Crippen molar-refractivity contribution in [3.8, 4) is 28.8 Å². The van der Waals surface area contributed by atoms with Crippen LogP contribution in [0.5, 0.6) is 5.75 Å². The Labute approximate surface area is 219 Å². The molecule has 1 amide bonds. The first kappa shape index (κ1) is 24.5. The number of aryl methyl sites for hydroxylation is 1. The SMILES string of the molecule is Cn1ccc(C(=O)NCC#Cc2nccc(N3CCN(c4cc(-c5ccccc5O)nnc4N)CC3)n2)n1. The molecule has 192 valence electrons. The summed E-state index contributed by atoms with van der Waals surface area (Å²) in [6.45, 7) is 2.96. The average Bonchev–Trinajstić information content (AvgIpc) is 3.38. The van der Waals surface area contributed by atoms with Gasteiger partial charge in [-0.05, 0) is 36.3 Å². The maximum Gasteiger partial charge on any atom is 0.272 e. The molecule has 12 heteroatoms. The van der Waals surface area contributed by atoms with Gasteiger partial charge in [-0.25, -0.2) is 9.97 Å². The molecular formula is C26H26N10O2. The van der Waals surface area contributed by atoms with Crippen LogP contribution in [0.2, 0.25) is 0 Å². The Morgan fingerprint density at radius 2 is 1.89 bits per heavy atom. The number of para-hydroxylation sites is 1. The van der Waals surface area contributed by atoms with Gasteiger partial charge in [0.2, 0.25) is 5.82 Å². The van der Waals surface area contributed by atoms with Crippen molar-refractivity contribution < 1.29 is 9.90 Å². The number of phenolic OH excluding ortho intramolecular Hbond substituents is 1. The fourth-order valence-corrected chi connectivity index (χ4v) is 4.10. The lowest BCUT2D eigenvalue weighted by atomic mass is 10.1. The van der Waals surface area contributed by atoms with Gasteiger partial charge in [-0.3, -0.25) is 9.48 Å². The van der Waals surface area contributed by atoms with Gasteiger partial charge in [-0.1, -0.05) is 18.1 Å². The van der Waals surface area contributed by atoms with Crippen LogP contribution in [0.4, 0.5) is 17.3 Å². The molecule has 0 spiro atoms. The summed E-state index contributed by atoms with van der Waals surface area (Å²) in [6, 6.07) is 12.4. The molecule has 0 aliphatic carbocycles. The van der Waals surface area contributed by atoms with Crippen molar-refractivity contribution in [2.45, 2.75) is 0 Å². The van der Waals surface area contributed by atoms with E-state index in [4.69, 9.17) is 5.73 Å². The monoisotopic (exact) mass is 510 g/mol. The second-order valence-electron chi connectivity index (χ2n) is 8.59. The van der Waals surface area contributed by atoms with Crippen molar-refractivity contribution in [3.63, 3.8) is 0 Å². The van der Waals surface area contributed by atoms with Crippen LogP contribution in [0.25, 0.3) is 11.3 Å². The van der Waals surface area contributed by atoms with Crippen LogP contribution in [0.15, 0.2) is 54.9 Å². The Hall–Kier alpha value is -5.18. The number of benzene rings is 1. The molecule has 1 fully saturated rings. The summed E-state index contributed by atoms with van der Waals surface area (Å²) in [7, 11) is 1.75. The van der Waals surface area contributed by atoms with Crippen molar-refractivity contribution in [1.82, 2.24) is 35.3 Å². The van der Waals surface area contributed by atoms with E-state index in [1.165, 1.54) is 0 Å². The zero-order chi connectivity index (χ0) is 26.5. The smallest absolute Gasteiger partial charge is 0.272 e. The van der Waals surface area contributed by atoms with E-state index in [1.807, 2.05) is 18.2 Å². The zero-order valence-electron chi connectivity index (χ0n) is 20.7. The third kappa shape index (κ3) is 5.46. The summed E-state index contributed by atoms with van der Waals surface area (Å²) in [5, 5.41) is 25.3. The molecule has 0 saturated carbocycles. The lowest BCUT2D eigenvalue weighted by Gasteiger charge is -2.36. The Morgan fingerprint density at radius 3 is 2.66 bits per heavy atom. The van der Waals surface area contributed by atoms with E-state index in [0.29, 0.717) is 54.8 Å². The van der Waals surface area contributed by atoms with Gasteiger partial charge in [0.25, 0.3) is 5.91 Å². The van der Waals surface area contributed by atoms with Crippen LogP contribution in [-0.2, 0) is 7.05 Å². The van der Waals surface area contributed by atoms with Gasteiger partial charge in [-0.2, -0.15) is 5.10 Å². The molecule has 1 aliphatic rings. The number of hydrogen-bond acceptors (Lipinski definition) is 10. The van der Waals surface area contributed by atoms with Crippen LogP contribution in [-0.4, -0.2) is 73.7 Å². The normalized spacial score (nSPS) is 13.1. The quantitative estimate of drug-likeness (QED) is 0.333. The summed E-state index contributed by atoms with van der Waals surface area (Å²) in [4.78, 5) is 25.2. The lowest BCUT2D eigenvalue weighted by molar-refractivity contribution is 0.0953. The molecule has 0 atom stereocenters. The van der Waals surface area contributed by atoms with Crippen LogP contribution in [0.1, 0.15) is 16.3 Å². The maximum absolute atomic E-state index is 12.1. The first-order valence-corrected chi connectivity index (χ1v) is 12.0. The highest BCUT2D eigenvalue weighted by Crippen LogP contribution is 2.31. The van der Waals surface area contributed by atoms with Crippen molar-refractivity contribution in [2.24, 2.45) is 7.05 Å². The number of piperazine rings is 1. The summed E-state index contributed by atoms with van der Waals surface area (Å²) in [5.41, 5.74) is 8.43. The third-order valence-corrected chi connectivity index (χ3v) is 6.05. The van der Waals surface area contributed by atoms with E-state index in [9.17, 15) is 9.90 Å². The highest BCUT2D eigenvalue weighted by molar-refractivity contribution is 5.92. The van der Waals surface area contributed by atoms with Crippen molar-refractivity contribution in [3.05, 3.63) is 66.4 Å². The van der Waals surface area contributed by atoms with Crippen LogP contribution >= 0.6 is 0 Å². The molecule has 1 aromatic carbocycles. The third-order valence-electron chi connectivity index (χ3n) is 6.05.